The number of amides is 1. The molecule has 38 heavy (non-hydrogen) atoms. The van der Waals surface area contributed by atoms with Crippen LogP contribution in [0.5, 0.6) is 5.75 Å². The number of carbonyl (C=O) groups excluding carboxylic acids is 1. The molecule has 0 spiro atoms. The third-order valence-corrected chi connectivity index (χ3v) is 6.69. The Labute approximate surface area is 218 Å². The number of hydrogen-bond donors (Lipinski definition) is 2. The molecule has 10 heteroatoms. The predicted molar refractivity (Wildman–Crippen MR) is 135 cm³/mol. The van der Waals surface area contributed by atoms with Gasteiger partial charge in [0.15, 0.2) is 5.84 Å². The lowest BCUT2D eigenvalue weighted by Crippen LogP contribution is -2.37. The molecule has 7 nitrogen and oxygen atoms in total. The zero-order valence-electron chi connectivity index (χ0n) is 20.7. The third kappa shape index (κ3) is 5.52. The van der Waals surface area contributed by atoms with Crippen LogP contribution in [-0.2, 0) is 0 Å². The molecule has 0 bridgehead atoms. The fourth-order valence-corrected chi connectivity index (χ4v) is 4.49. The van der Waals surface area contributed by atoms with E-state index in [1.165, 1.54) is 0 Å². The van der Waals surface area contributed by atoms with Gasteiger partial charge in [0.25, 0.3) is 5.91 Å². The summed E-state index contributed by atoms with van der Waals surface area (Å²) in [5.74, 6) is 1.29. The van der Waals surface area contributed by atoms with Gasteiger partial charge >= 0.3 is 6.18 Å². The van der Waals surface area contributed by atoms with E-state index < -0.39 is 18.1 Å². The van der Waals surface area contributed by atoms with Gasteiger partial charge in [0, 0.05) is 24.4 Å². The van der Waals surface area contributed by atoms with Crippen molar-refractivity contribution in [2.75, 3.05) is 13.1 Å². The Morgan fingerprint density at radius 1 is 1.24 bits per heavy atom. The quantitative estimate of drug-likeness (QED) is 0.516. The highest BCUT2D eigenvalue weighted by molar-refractivity contribution is 6.01. The van der Waals surface area contributed by atoms with E-state index in [9.17, 15) is 23.2 Å². The highest BCUT2D eigenvalue weighted by Gasteiger charge is 2.45. The normalized spacial score (nSPS) is 19.4. The van der Waals surface area contributed by atoms with Crippen molar-refractivity contribution in [1.82, 2.24) is 15.5 Å². The van der Waals surface area contributed by atoms with Gasteiger partial charge in [0.1, 0.15) is 17.0 Å². The van der Waals surface area contributed by atoms with E-state index in [1.54, 1.807) is 30.5 Å². The fraction of sp³-hybridized carbons (Fsp3) is 0.321. The lowest BCUT2D eigenvalue weighted by Gasteiger charge is -2.30. The van der Waals surface area contributed by atoms with Gasteiger partial charge in [0.2, 0.25) is 0 Å². The predicted octanol–water partition coefficient (Wildman–Crippen LogP) is 4.90. The number of nitrogens with zero attached hydrogens (tertiary/aromatic N) is 3. The summed E-state index contributed by atoms with van der Waals surface area (Å²) in [4.78, 5) is 19.3. The van der Waals surface area contributed by atoms with Crippen molar-refractivity contribution < 1.29 is 22.7 Å². The van der Waals surface area contributed by atoms with Crippen LogP contribution >= 0.6 is 0 Å². The number of halogens is 3. The molecule has 2 aromatic carbocycles. The lowest BCUT2D eigenvalue weighted by atomic mass is 9.98. The van der Waals surface area contributed by atoms with Crippen LogP contribution in [0.4, 0.5) is 13.2 Å². The molecule has 0 aromatic heterocycles. The number of allylic oxidation sites excluding steroid dienone is 1. The summed E-state index contributed by atoms with van der Waals surface area (Å²) in [7, 11) is 0. The maximum absolute atomic E-state index is 12.8. The topological polar surface area (TPSA) is 89.8 Å². The fourth-order valence-electron chi connectivity index (χ4n) is 4.49. The van der Waals surface area contributed by atoms with E-state index in [2.05, 4.69) is 21.7 Å². The Bertz CT molecular complexity index is 1370. The van der Waals surface area contributed by atoms with E-state index in [-0.39, 0.29) is 18.5 Å². The molecule has 2 N–H and O–H groups in total. The first-order chi connectivity index (χ1) is 18.2. The van der Waals surface area contributed by atoms with Crippen molar-refractivity contribution in [3.8, 4) is 11.8 Å². The molecule has 2 aromatic rings. The number of aliphatic imine (C=N–C) groups is 1. The average molecular weight is 522 g/mol. The summed E-state index contributed by atoms with van der Waals surface area (Å²) in [5, 5.41) is 15.0. The number of carbonyl (C=O) groups is 1. The molecule has 3 aliphatic rings. The standard InChI is InChI=1S/C28H26F3N5O2/c1-18-13-19(7-8-22(18)26(37)35-27(17-32)9-10-27)24-15-34-25-23(33-12-11-28(29,30)31)14-21(16-36(24)25)38-20-5-3-2-4-6-20/h2-8,13-14,16,24,33H,9-12,15H2,1H3,(H,35,37). The van der Waals surface area contributed by atoms with Gasteiger partial charge in [-0.15, -0.1) is 0 Å². The second-order valence-electron chi connectivity index (χ2n) is 9.61. The van der Waals surface area contributed by atoms with Crippen molar-refractivity contribution in [1.29, 1.82) is 5.26 Å². The maximum Gasteiger partial charge on any atom is 0.390 e. The minimum Gasteiger partial charge on any atom is -0.456 e. The lowest BCUT2D eigenvalue weighted by molar-refractivity contribution is -0.133. The smallest absolute Gasteiger partial charge is 0.390 e. The summed E-state index contributed by atoms with van der Waals surface area (Å²) in [6.45, 7) is 1.92. The van der Waals surface area contributed by atoms with Gasteiger partial charge in [-0.2, -0.15) is 18.4 Å². The minimum atomic E-state index is -4.28. The Hall–Kier alpha value is -4.26. The second-order valence-corrected chi connectivity index (χ2v) is 9.61. The molecule has 5 rings (SSSR count). The van der Waals surface area contributed by atoms with Crippen LogP contribution in [0.25, 0.3) is 0 Å². The van der Waals surface area contributed by atoms with E-state index >= 15 is 0 Å². The van der Waals surface area contributed by atoms with Gasteiger partial charge in [-0.25, -0.2) is 0 Å². The van der Waals surface area contributed by atoms with Crippen molar-refractivity contribution >= 4 is 11.7 Å². The number of nitrogens with one attached hydrogen (secondary N) is 2. The molecule has 1 aliphatic carbocycles. The van der Waals surface area contributed by atoms with Crippen LogP contribution in [0.15, 0.2) is 77.3 Å². The van der Waals surface area contributed by atoms with E-state index in [0.717, 1.165) is 11.1 Å². The Morgan fingerprint density at radius 2 is 2.00 bits per heavy atom. The molecule has 2 aliphatic heterocycles. The van der Waals surface area contributed by atoms with Crippen molar-refractivity contribution in [2.24, 2.45) is 4.99 Å². The summed E-state index contributed by atoms with van der Waals surface area (Å²) in [5.41, 5.74) is 1.83. The molecule has 1 amide bonds. The van der Waals surface area contributed by atoms with Gasteiger partial charge in [0.05, 0.1) is 30.8 Å². The molecular formula is C28H26F3N5O2. The number of hydrogen-bond acceptors (Lipinski definition) is 6. The Morgan fingerprint density at radius 3 is 2.66 bits per heavy atom. The average Bonchev–Trinajstić information content (AvgIpc) is 3.51. The summed E-state index contributed by atoms with van der Waals surface area (Å²) in [6.07, 6.45) is -0.512. The first kappa shape index (κ1) is 25.4. The summed E-state index contributed by atoms with van der Waals surface area (Å²) < 4.78 is 44.4. The second kappa shape index (κ2) is 9.89. The Kier molecular flexibility index (Phi) is 6.61. The maximum atomic E-state index is 12.8. The Balaban J connectivity index is 1.38. The molecular weight excluding hydrogens is 495 g/mol. The van der Waals surface area contributed by atoms with Crippen LogP contribution in [0.1, 0.15) is 46.8 Å². The zero-order chi connectivity index (χ0) is 26.9. The van der Waals surface area contributed by atoms with Crippen molar-refractivity contribution in [2.45, 2.75) is 43.9 Å². The van der Waals surface area contributed by atoms with Crippen molar-refractivity contribution in [3.05, 3.63) is 89.0 Å². The van der Waals surface area contributed by atoms with Crippen LogP contribution in [0.3, 0.4) is 0 Å². The minimum absolute atomic E-state index is 0.239. The number of amidine groups is 1. The summed E-state index contributed by atoms with van der Waals surface area (Å²) >= 11 is 0. The van der Waals surface area contributed by atoms with Gasteiger partial charge < -0.3 is 20.3 Å². The largest absolute Gasteiger partial charge is 0.456 e. The SMILES string of the molecule is Cc1cc(C2CN=C3C(NCCC(F)(F)F)=CC(Oc4ccccc4)=CN32)ccc1C(=O)NC1(C#N)CC1. The molecule has 2 heterocycles. The highest BCUT2D eigenvalue weighted by Crippen LogP contribution is 2.36. The van der Waals surface area contributed by atoms with E-state index in [0.29, 0.717) is 48.0 Å². The number of benzene rings is 2. The number of rotatable bonds is 8. The molecule has 0 radical (unpaired) electrons. The van der Waals surface area contributed by atoms with Crippen LogP contribution in [0, 0.1) is 18.3 Å². The highest BCUT2D eigenvalue weighted by atomic mass is 19.4. The number of fused-ring (bicyclic) bond motifs is 1. The number of ether oxygens (including phenoxy) is 1. The first-order valence-corrected chi connectivity index (χ1v) is 12.3. The van der Waals surface area contributed by atoms with E-state index in [4.69, 9.17) is 4.74 Å². The van der Waals surface area contributed by atoms with Gasteiger partial charge in [-0.3, -0.25) is 9.79 Å². The van der Waals surface area contributed by atoms with E-state index in [1.807, 2.05) is 42.2 Å². The monoisotopic (exact) mass is 521 g/mol. The van der Waals surface area contributed by atoms with Crippen LogP contribution in [-0.4, -0.2) is 41.4 Å². The van der Waals surface area contributed by atoms with Gasteiger partial charge in [-0.1, -0.05) is 30.3 Å². The summed E-state index contributed by atoms with van der Waals surface area (Å²) in [6, 6.07) is 16.5. The van der Waals surface area contributed by atoms with Crippen molar-refractivity contribution in [3.63, 3.8) is 0 Å². The van der Waals surface area contributed by atoms with Crippen LogP contribution < -0.4 is 15.4 Å². The molecule has 1 saturated carbocycles. The molecule has 1 unspecified atom stereocenters. The number of para-hydroxylation sites is 1. The van der Waals surface area contributed by atoms with Crippen LogP contribution in [0.2, 0.25) is 0 Å². The first-order valence-electron chi connectivity index (χ1n) is 12.3. The number of aryl methyl sites for hydroxylation is 1. The molecule has 0 saturated heterocycles. The zero-order valence-corrected chi connectivity index (χ0v) is 20.7. The molecule has 1 fully saturated rings. The molecule has 1 atom stereocenters. The number of alkyl halides is 3. The third-order valence-electron chi connectivity index (χ3n) is 6.69. The molecule has 196 valence electrons. The number of nitriles is 1. The van der Waals surface area contributed by atoms with Gasteiger partial charge in [-0.05, 0) is 49.1 Å².